The lowest BCUT2D eigenvalue weighted by Crippen LogP contribution is -2.38. The minimum atomic E-state index is -0.447. The minimum absolute atomic E-state index is 0.325. The fourth-order valence-electron chi connectivity index (χ4n) is 4.34. The van der Waals surface area contributed by atoms with E-state index in [0.29, 0.717) is 48.1 Å². The first-order valence-corrected chi connectivity index (χ1v) is 14.0. The van der Waals surface area contributed by atoms with Crippen molar-refractivity contribution >= 4 is 52.6 Å². The zero-order valence-corrected chi connectivity index (χ0v) is 23.8. The van der Waals surface area contributed by atoms with Gasteiger partial charge in [-0.25, -0.2) is 10.2 Å². The van der Waals surface area contributed by atoms with E-state index in [4.69, 9.17) is 19.2 Å². The minimum Gasteiger partial charge on any atom is -0.493 e. The number of anilines is 3. The molecule has 11 nitrogen and oxygen atoms in total. The molecule has 0 atom stereocenters. The summed E-state index contributed by atoms with van der Waals surface area (Å²) in [7, 11) is 1.53. The molecule has 0 spiro atoms. The van der Waals surface area contributed by atoms with Crippen LogP contribution in [-0.4, -0.2) is 73.6 Å². The summed E-state index contributed by atoms with van der Waals surface area (Å²) >= 11 is 2.11. The van der Waals surface area contributed by atoms with Crippen molar-refractivity contribution in [3.05, 3.63) is 57.2 Å². The van der Waals surface area contributed by atoms with Crippen LogP contribution in [0.5, 0.6) is 11.5 Å². The Hall–Kier alpha value is -3.52. The van der Waals surface area contributed by atoms with Gasteiger partial charge in [0, 0.05) is 29.7 Å². The van der Waals surface area contributed by atoms with Crippen molar-refractivity contribution in [2.75, 3.05) is 61.7 Å². The first-order valence-electron chi connectivity index (χ1n) is 12.9. The number of carbonyl (C=O) groups excluding carboxylic acids is 1. The third-order valence-electron chi connectivity index (χ3n) is 6.41. The Morgan fingerprint density at radius 1 is 0.974 bits per heavy atom. The second kappa shape index (κ2) is 13.0. The van der Waals surface area contributed by atoms with Gasteiger partial charge in [-0.3, -0.25) is 0 Å². The monoisotopic (exact) mass is 643 g/mol. The number of benzene rings is 2. The molecule has 2 saturated heterocycles. The quantitative estimate of drug-likeness (QED) is 0.127. The SMILES string of the molecule is COc1cc(/C=N\Nc2nc(N3CCCCC3)nc(N3CCOCC3)n2)ccc1OC(=O)c1ccccc1I. The number of piperidine rings is 1. The molecule has 3 heterocycles. The van der Waals surface area contributed by atoms with Crippen LogP contribution in [0.1, 0.15) is 35.2 Å². The highest BCUT2D eigenvalue weighted by molar-refractivity contribution is 14.1. The predicted molar refractivity (Wildman–Crippen MR) is 157 cm³/mol. The van der Waals surface area contributed by atoms with Crippen LogP contribution in [0.15, 0.2) is 47.6 Å². The Bertz CT molecular complexity index is 1290. The zero-order valence-electron chi connectivity index (χ0n) is 21.7. The maximum Gasteiger partial charge on any atom is 0.344 e. The number of aromatic nitrogens is 3. The number of nitrogens with one attached hydrogen (secondary N) is 1. The third kappa shape index (κ3) is 6.92. The van der Waals surface area contributed by atoms with Gasteiger partial charge in [0.1, 0.15) is 0 Å². The number of ether oxygens (including phenoxy) is 3. The molecule has 1 aromatic heterocycles. The van der Waals surface area contributed by atoms with Crippen molar-refractivity contribution in [2.45, 2.75) is 19.3 Å². The number of hydrogen-bond acceptors (Lipinski definition) is 11. The fraction of sp³-hybridized carbons (Fsp3) is 0.370. The molecule has 2 aromatic carbocycles. The molecule has 5 rings (SSSR count). The van der Waals surface area contributed by atoms with Crippen molar-refractivity contribution < 1.29 is 19.0 Å². The van der Waals surface area contributed by atoms with Crippen LogP contribution in [0.4, 0.5) is 17.8 Å². The number of esters is 1. The second-order valence-electron chi connectivity index (χ2n) is 9.06. The second-order valence-corrected chi connectivity index (χ2v) is 10.2. The van der Waals surface area contributed by atoms with Crippen molar-refractivity contribution in [3.8, 4) is 11.5 Å². The Morgan fingerprint density at radius 3 is 2.41 bits per heavy atom. The smallest absolute Gasteiger partial charge is 0.344 e. The number of hydrazone groups is 1. The van der Waals surface area contributed by atoms with Crippen LogP contribution < -0.4 is 24.7 Å². The Balaban J connectivity index is 1.31. The van der Waals surface area contributed by atoms with E-state index in [1.165, 1.54) is 13.5 Å². The van der Waals surface area contributed by atoms with Crippen LogP contribution in [-0.2, 0) is 4.74 Å². The van der Waals surface area contributed by atoms with Gasteiger partial charge < -0.3 is 24.0 Å². The molecule has 0 radical (unpaired) electrons. The summed E-state index contributed by atoms with van der Waals surface area (Å²) in [6.07, 6.45) is 5.10. The molecular formula is C27H30IN7O4. The zero-order chi connectivity index (χ0) is 27.0. The molecule has 0 aliphatic carbocycles. The molecule has 3 aromatic rings. The number of carbonyl (C=O) groups is 1. The van der Waals surface area contributed by atoms with Gasteiger partial charge in [-0.05, 0) is 77.7 Å². The molecule has 0 saturated carbocycles. The van der Waals surface area contributed by atoms with Gasteiger partial charge in [-0.15, -0.1) is 0 Å². The third-order valence-corrected chi connectivity index (χ3v) is 7.35. The number of nitrogens with zero attached hydrogens (tertiary/aromatic N) is 6. The Morgan fingerprint density at radius 2 is 1.69 bits per heavy atom. The van der Waals surface area contributed by atoms with Crippen LogP contribution in [0, 0.1) is 3.57 Å². The largest absolute Gasteiger partial charge is 0.493 e. The van der Waals surface area contributed by atoms with E-state index < -0.39 is 5.97 Å². The van der Waals surface area contributed by atoms with Gasteiger partial charge in [0.15, 0.2) is 11.5 Å². The van der Waals surface area contributed by atoms with Crippen LogP contribution in [0.2, 0.25) is 0 Å². The summed E-state index contributed by atoms with van der Waals surface area (Å²) in [5.74, 6) is 1.94. The van der Waals surface area contributed by atoms with Crippen molar-refractivity contribution in [2.24, 2.45) is 5.10 Å². The lowest BCUT2D eigenvalue weighted by Gasteiger charge is -2.30. The first kappa shape index (κ1) is 27.1. The molecule has 2 aliphatic rings. The molecule has 2 fully saturated rings. The van der Waals surface area contributed by atoms with Gasteiger partial charge in [0.05, 0.1) is 32.1 Å². The van der Waals surface area contributed by atoms with Gasteiger partial charge in [0.25, 0.3) is 0 Å². The standard InChI is InChI=1S/C27H30IN7O4/c1-37-23-17-19(9-10-22(23)39-24(36)20-7-3-4-8-21(20)28)18-29-33-25-30-26(34-11-5-2-6-12-34)32-27(31-25)35-13-15-38-16-14-35/h3-4,7-10,17-18H,2,5-6,11-16H2,1H3,(H,30,31,32,33)/b29-18-. The summed E-state index contributed by atoms with van der Waals surface area (Å²) in [6.45, 7) is 4.59. The molecule has 2 aliphatic heterocycles. The van der Waals surface area contributed by atoms with Crippen LogP contribution >= 0.6 is 22.6 Å². The lowest BCUT2D eigenvalue weighted by atomic mass is 10.1. The molecule has 12 heteroatoms. The van der Waals surface area contributed by atoms with E-state index in [-0.39, 0.29) is 0 Å². The molecule has 1 N–H and O–H groups in total. The normalized spacial score (nSPS) is 15.8. The van der Waals surface area contributed by atoms with E-state index in [1.54, 1.807) is 36.5 Å². The Labute approximate surface area is 240 Å². The van der Waals surface area contributed by atoms with Gasteiger partial charge in [-0.1, -0.05) is 12.1 Å². The van der Waals surface area contributed by atoms with Crippen molar-refractivity contribution in [1.82, 2.24) is 15.0 Å². The first-order chi connectivity index (χ1) is 19.1. The summed E-state index contributed by atoms with van der Waals surface area (Å²) in [4.78, 5) is 31.0. The Kier molecular flexibility index (Phi) is 9.04. The van der Waals surface area contributed by atoms with Crippen LogP contribution in [0.25, 0.3) is 0 Å². The number of morpholine rings is 1. The fourth-order valence-corrected chi connectivity index (χ4v) is 4.95. The summed E-state index contributed by atoms with van der Waals surface area (Å²) in [6, 6.07) is 12.5. The van der Waals surface area contributed by atoms with Crippen LogP contribution in [0.3, 0.4) is 0 Å². The predicted octanol–water partition coefficient (Wildman–Crippen LogP) is 3.98. The molecule has 39 heavy (non-hydrogen) atoms. The lowest BCUT2D eigenvalue weighted by molar-refractivity contribution is 0.0728. The number of hydrogen-bond donors (Lipinski definition) is 1. The van der Waals surface area contributed by atoms with Gasteiger partial charge >= 0.3 is 5.97 Å². The maximum atomic E-state index is 12.6. The summed E-state index contributed by atoms with van der Waals surface area (Å²) < 4.78 is 17.4. The molecule has 0 unspecified atom stereocenters. The van der Waals surface area contributed by atoms with Crippen molar-refractivity contribution in [1.29, 1.82) is 0 Å². The average molecular weight is 643 g/mol. The van der Waals surface area contributed by atoms with E-state index in [2.05, 4.69) is 52.9 Å². The van der Waals surface area contributed by atoms with E-state index in [1.807, 2.05) is 12.1 Å². The van der Waals surface area contributed by atoms with Gasteiger partial charge in [-0.2, -0.15) is 20.1 Å². The highest BCUT2D eigenvalue weighted by Crippen LogP contribution is 2.29. The summed E-state index contributed by atoms with van der Waals surface area (Å²) in [5, 5.41) is 4.36. The molecule has 0 amide bonds. The number of halogens is 1. The molecule has 0 bridgehead atoms. The number of methoxy groups -OCH3 is 1. The average Bonchev–Trinajstić information content (AvgIpc) is 2.98. The number of rotatable bonds is 8. The van der Waals surface area contributed by atoms with E-state index >= 15 is 0 Å². The summed E-state index contributed by atoms with van der Waals surface area (Å²) in [5.41, 5.74) is 4.20. The van der Waals surface area contributed by atoms with E-state index in [0.717, 1.165) is 48.2 Å². The molecular weight excluding hydrogens is 613 g/mol. The highest BCUT2D eigenvalue weighted by atomic mass is 127. The van der Waals surface area contributed by atoms with E-state index in [9.17, 15) is 4.79 Å². The van der Waals surface area contributed by atoms with Crippen molar-refractivity contribution in [3.63, 3.8) is 0 Å². The maximum absolute atomic E-state index is 12.6. The highest BCUT2D eigenvalue weighted by Gasteiger charge is 2.20. The molecule has 204 valence electrons. The van der Waals surface area contributed by atoms with Gasteiger partial charge in [0.2, 0.25) is 17.8 Å². The topological polar surface area (TPSA) is 114 Å².